The summed E-state index contributed by atoms with van der Waals surface area (Å²) in [5.41, 5.74) is 0. The van der Waals surface area contributed by atoms with Gasteiger partial charge in [-0.1, -0.05) is 0 Å². The average molecular weight is 474 g/mol. The van der Waals surface area contributed by atoms with Crippen LogP contribution in [0.1, 0.15) is 0 Å². The van der Waals surface area contributed by atoms with E-state index in [1.54, 1.807) is 0 Å². The average Bonchev–Trinajstić information content (AvgIpc) is 2.73. The van der Waals surface area contributed by atoms with Crippen LogP contribution in [-0.2, 0) is 6.75 Å². The Kier molecular flexibility index (Phi) is 0.802. The summed E-state index contributed by atoms with van der Waals surface area (Å²) in [4.78, 5) is 0. The standard InChI is InChI=1S/2C5H5.11CH3.Hf/c2*1-2-4-5-3-1;;;;;;;;;;;;/h2*1-5H;11*1H3;. The minimum atomic E-state index is -7.01. The second kappa shape index (κ2) is 0.971. The first-order valence-electron chi connectivity index (χ1n) is 9.41. The third-order valence-corrected chi connectivity index (χ3v) is 67.4. The summed E-state index contributed by atoms with van der Waals surface area (Å²) in [6, 6.07) is 0. The molecule has 0 aliphatic heterocycles. The molecule has 1 heteroatoms. The van der Waals surface area contributed by atoms with E-state index in [2.05, 4.69) is 100 Å². The van der Waals surface area contributed by atoms with Crippen LogP contribution in [0.25, 0.3) is 0 Å². The Hall–Kier alpha value is -0.170. The molecule has 0 fully saturated rings. The van der Waals surface area contributed by atoms with Gasteiger partial charge in [0.15, 0.2) is 0 Å². The maximum absolute atomic E-state index is 7.01. The van der Waals surface area contributed by atoms with Gasteiger partial charge in [-0.05, 0) is 0 Å². The second-order valence-corrected chi connectivity index (χ2v) is 286. The van der Waals surface area contributed by atoms with Crippen molar-refractivity contribution in [2.75, 3.05) is 0 Å². The molecule has 0 atom stereocenters. The summed E-state index contributed by atoms with van der Waals surface area (Å²) in [6.45, 7) is -7.01. The molecule has 0 heterocycles. The Morgan fingerprint density at radius 1 is 0.409 bits per heavy atom. The summed E-state index contributed by atoms with van der Waals surface area (Å²) in [5, 5.41) is 0. The van der Waals surface area contributed by atoms with Gasteiger partial charge in [0.2, 0.25) is 0 Å². The van der Waals surface area contributed by atoms with Crippen LogP contribution in [0.4, 0.5) is 0 Å². The molecule has 0 aromatic heterocycles. The van der Waals surface area contributed by atoms with Crippen molar-refractivity contribution in [3.05, 3.63) is 48.6 Å². The van der Waals surface area contributed by atoms with Crippen molar-refractivity contribution in [1.29, 1.82) is 0 Å². The van der Waals surface area contributed by atoms with Gasteiger partial charge < -0.3 is 0 Å². The van der Waals surface area contributed by atoms with Crippen LogP contribution in [0.5, 0.6) is 0 Å². The second-order valence-electron chi connectivity index (χ2n) is 36.6. The number of hydrogen-bond donors (Lipinski definition) is 0. The van der Waals surface area contributed by atoms with Crippen molar-refractivity contribution in [3.8, 4) is 0 Å². The Labute approximate surface area is 113 Å². The molecular formula is C21H43Hf. The first-order chi connectivity index (χ1) is 8.00. The van der Waals surface area contributed by atoms with E-state index in [-0.39, 0.29) is 7.35 Å². The third kappa shape index (κ3) is 1.84. The van der Waals surface area contributed by atoms with Crippen LogP contribution >= 0.6 is 0 Å². The quantitative estimate of drug-likeness (QED) is 0.350. The van der Waals surface area contributed by atoms with Gasteiger partial charge in [0, 0.05) is 0 Å². The maximum atomic E-state index is 2.62. The molecule has 22 heavy (non-hydrogen) atoms. The molecule has 0 saturated heterocycles. The van der Waals surface area contributed by atoms with Crippen molar-refractivity contribution in [2.45, 2.75) is 58.8 Å². The topological polar surface area (TPSA) is 0 Å². The molecule has 0 nitrogen and oxygen atoms in total. The van der Waals surface area contributed by atoms with E-state index in [4.69, 9.17) is 0 Å². The molecule has 2 aliphatic carbocycles. The zero-order valence-corrected chi connectivity index (χ0v) is 20.9. The SMILES string of the molecule is [CH3][Hf]([CH3])([CH3])([CH3])([CH3])([CH3])([CH3])([CH3])([CH3])([CH3])([CH3])([CH]1C=CC=C1)[CH]1C=CC=C1. The molecule has 0 spiro atoms. The van der Waals surface area contributed by atoms with Gasteiger partial charge in [0.25, 0.3) is 0 Å². The van der Waals surface area contributed by atoms with Gasteiger partial charge in [-0.3, -0.25) is 0 Å². The van der Waals surface area contributed by atoms with E-state index < -0.39 is 6.75 Å². The van der Waals surface area contributed by atoms with Crippen molar-refractivity contribution in [1.82, 2.24) is 0 Å². The molecule has 0 saturated carbocycles. The molecule has 0 amide bonds. The van der Waals surface area contributed by atoms with E-state index in [1.807, 2.05) is 0 Å². The predicted octanol–water partition coefficient (Wildman–Crippen LogP) is 9.32. The minimum absolute atomic E-state index is 0.206. The molecule has 2 aliphatic rings. The Bertz CT molecular complexity index is 917. The summed E-state index contributed by atoms with van der Waals surface area (Å²) in [6.07, 6.45) is 18.5. The van der Waals surface area contributed by atoms with E-state index in [1.165, 1.54) is 0 Å². The van der Waals surface area contributed by atoms with E-state index >= 15 is 0 Å². The fourth-order valence-corrected chi connectivity index (χ4v) is 40.8. The van der Waals surface area contributed by atoms with Crippen LogP contribution in [0.2, 0.25) is 58.8 Å². The number of rotatable bonds is 2. The molecule has 0 bridgehead atoms. The fourth-order valence-electron chi connectivity index (χ4n) is 5.54. The molecule has 0 radical (unpaired) electrons. The van der Waals surface area contributed by atoms with Crippen LogP contribution in [0.3, 0.4) is 0 Å². The summed E-state index contributed by atoms with van der Waals surface area (Å²) >= 11 is 0. The van der Waals surface area contributed by atoms with Gasteiger partial charge >= 0.3 is 114 Å². The van der Waals surface area contributed by atoms with Crippen LogP contribution in [0, 0.1) is 0 Å². The first kappa shape index (κ1) is 18.2. The van der Waals surface area contributed by atoms with E-state index in [0.29, 0.717) is 0 Å². The first-order valence-corrected chi connectivity index (χ1v) is 53.1. The molecule has 0 aromatic carbocycles. The Morgan fingerprint density at radius 3 is 0.773 bits per heavy atom. The molecule has 0 aromatic rings. The summed E-state index contributed by atoms with van der Waals surface area (Å²) in [7, 11) is 0. The monoisotopic (exact) mass is 475 g/mol. The van der Waals surface area contributed by atoms with Gasteiger partial charge in [0.05, 0.1) is 0 Å². The van der Waals surface area contributed by atoms with Crippen molar-refractivity contribution in [2.24, 2.45) is 0 Å². The van der Waals surface area contributed by atoms with E-state index in [9.17, 15) is 0 Å². The van der Waals surface area contributed by atoms with Gasteiger partial charge in [-0.25, -0.2) is 0 Å². The van der Waals surface area contributed by atoms with Crippen molar-refractivity contribution >= 4 is 0 Å². The van der Waals surface area contributed by atoms with E-state index in [0.717, 1.165) is 0 Å². The van der Waals surface area contributed by atoms with Gasteiger partial charge in [0.1, 0.15) is 0 Å². The van der Waals surface area contributed by atoms with Crippen LogP contribution in [-0.4, -0.2) is 0 Å². The Balaban J connectivity index is 3.85. The molecule has 131 valence electrons. The molecule has 2 rings (SSSR count). The zero-order valence-electron chi connectivity index (χ0n) is 17.3. The van der Waals surface area contributed by atoms with Gasteiger partial charge in [-0.2, -0.15) is 0 Å². The molecular weight excluding hydrogens is 431 g/mol. The molecule has 0 N–H and O–H groups in total. The number of hydrogen-bond acceptors (Lipinski definition) is 0. The van der Waals surface area contributed by atoms with Crippen LogP contribution < -0.4 is 0 Å². The Morgan fingerprint density at radius 2 is 0.591 bits per heavy atom. The predicted molar refractivity (Wildman–Crippen MR) is 109 cm³/mol. The fraction of sp³-hybridized carbons (Fsp3) is 0.619. The third-order valence-electron chi connectivity index (χ3n) is 9.21. The van der Waals surface area contributed by atoms with Crippen molar-refractivity contribution in [3.63, 3.8) is 0 Å². The van der Waals surface area contributed by atoms with Crippen LogP contribution in [0.15, 0.2) is 48.6 Å². The van der Waals surface area contributed by atoms with Gasteiger partial charge in [-0.15, -0.1) is 0 Å². The van der Waals surface area contributed by atoms with Crippen molar-refractivity contribution < 1.29 is 6.75 Å². The number of allylic oxidation sites excluding steroid dienone is 8. The summed E-state index contributed by atoms with van der Waals surface area (Å²) in [5.74, 6) is 0. The normalized spacial score (nSPS) is 43.0. The summed E-state index contributed by atoms with van der Waals surface area (Å²) < 4.78 is 29.2. The zero-order chi connectivity index (χ0) is 18.1. The molecule has 0 unspecified atom stereocenters.